The second kappa shape index (κ2) is 2.79. The average Bonchev–Trinajstić information content (AvgIpc) is 2.84. The molecule has 0 radical (unpaired) electrons. The first-order valence-corrected chi connectivity index (χ1v) is 6.67. The molecule has 0 fully saturated rings. The van der Waals surface area contributed by atoms with Crippen LogP contribution < -0.4 is 10.4 Å². The molecular weight excluding hydrogens is 200 g/mol. The minimum absolute atomic E-state index is 1.19. The highest BCUT2D eigenvalue weighted by molar-refractivity contribution is 8.03. The molecule has 0 bridgehead atoms. The number of thioether (sulfide) groups is 1. The lowest BCUT2D eigenvalue weighted by Crippen LogP contribution is -2.30. The van der Waals surface area contributed by atoms with Gasteiger partial charge in [0.05, 0.1) is 0 Å². The van der Waals surface area contributed by atoms with Gasteiger partial charge >= 0.3 is 0 Å². The van der Waals surface area contributed by atoms with Crippen LogP contribution in [0.1, 0.15) is 18.4 Å². The maximum absolute atomic E-state index is 2.37. The molecule has 1 heterocycles. The van der Waals surface area contributed by atoms with E-state index in [4.69, 9.17) is 0 Å². The summed E-state index contributed by atoms with van der Waals surface area (Å²) >= 11 is 1.96. The van der Waals surface area contributed by atoms with E-state index in [0.717, 1.165) is 0 Å². The molecular formula is C14H12S. The van der Waals surface area contributed by atoms with Crippen LogP contribution in [0.3, 0.4) is 0 Å². The molecule has 0 aromatic heterocycles. The summed E-state index contributed by atoms with van der Waals surface area (Å²) in [5, 5.41) is 5.52. The van der Waals surface area contributed by atoms with Crippen LogP contribution >= 0.6 is 11.8 Å². The Hall–Kier alpha value is -0.950. The van der Waals surface area contributed by atoms with Crippen molar-refractivity contribution in [1.82, 2.24) is 0 Å². The van der Waals surface area contributed by atoms with E-state index in [1.165, 1.54) is 25.0 Å². The van der Waals surface area contributed by atoms with Gasteiger partial charge in [0.2, 0.25) is 0 Å². The third-order valence-electron chi connectivity index (χ3n) is 3.73. The average molecular weight is 212 g/mol. The van der Waals surface area contributed by atoms with Crippen LogP contribution in [-0.4, -0.2) is 5.75 Å². The normalized spacial score (nSPS) is 21.5. The van der Waals surface area contributed by atoms with Crippen molar-refractivity contribution in [3.05, 3.63) is 45.2 Å². The number of benzene rings is 1. The van der Waals surface area contributed by atoms with E-state index < -0.39 is 0 Å². The zero-order valence-corrected chi connectivity index (χ0v) is 9.36. The third kappa shape index (κ3) is 0.946. The molecule has 0 N–H and O–H groups in total. The molecule has 0 nitrogen and oxygen atoms in total. The lowest BCUT2D eigenvalue weighted by Gasteiger charge is -2.12. The molecule has 1 heteroatoms. The highest BCUT2D eigenvalue weighted by Crippen LogP contribution is 2.38. The summed E-state index contributed by atoms with van der Waals surface area (Å²) in [6.45, 7) is 0. The standard InChI is InChI=1S/C14H12S/c1-3-9-4-2-6-11-13-8-15-7-12(13)10(5-1)14(9)11/h1,3,5,8H,2,4,6-7H2. The summed E-state index contributed by atoms with van der Waals surface area (Å²) in [6.07, 6.45) is 3.90. The Labute approximate surface area is 93.4 Å². The van der Waals surface area contributed by atoms with Gasteiger partial charge in [-0.05, 0) is 57.4 Å². The summed E-state index contributed by atoms with van der Waals surface area (Å²) in [4.78, 5) is 0. The second-order valence-electron chi connectivity index (χ2n) is 4.49. The Morgan fingerprint density at radius 2 is 2.07 bits per heavy atom. The highest BCUT2D eigenvalue weighted by Gasteiger charge is 2.25. The number of fused-ring (bicyclic) bond motifs is 2. The fourth-order valence-electron chi connectivity index (χ4n) is 3.10. The van der Waals surface area contributed by atoms with E-state index in [2.05, 4.69) is 23.6 Å². The van der Waals surface area contributed by atoms with E-state index in [-0.39, 0.29) is 0 Å². The zero-order valence-electron chi connectivity index (χ0n) is 8.55. The molecule has 1 aromatic carbocycles. The van der Waals surface area contributed by atoms with E-state index in [1.807, 2.05) is 11.8 Å². The second-order valence-corrected chi connectivity index (χ2v) is 5.35. The van der Waals surface area contributed by atoms with E-state index in [0.29, 0.717) is 0 Å². The predicted octanol–water partition coefficient (Wildman–Crippen LogP) is 1.97. The monoisotopic (exact) mass is 212 g/mol. The molecule has 0 saturated carbocycles. The highest BCUT2D eigenvalue weighted by atomic mass is 32.2. The number of rotatable bonds is 0. The lowest BCUT2D eigenvalue weighted by atomic mass is 9.92. The first kappa shape index (κ1) is 8.23. The summed E-state index contributed by atoms with van der Waals surface area (Å²) in [5.74, 6) is 1.19. The molecule has 3 aliphatic rings. The largest absolute Gasteiger partial charge is 0.129 e. The van der Waals surface area contributed by atoms with Crippen molar-refractivity contribution in [3.8, 4) is 0 Å². The topological polar surface area (TPSA) is 0 Å². The van der Waals surface area contributed by atoms with Crippen molar-refractivity contribution < 1.29 is 0 Å². The minimum Gasteiger partial charge on any atom is -0.129 e. The lowest BCUT2D eigenvalue weighted by molar-refractivity contribution is 0.822. The van der Waals surface area contributed by atoms with Gasteiger partial charge < -0.3 is 0 Å². The van der Waals surface area contributed by atoms with Crippen molar-refractivity contribution in [2.45, 2.75) is 19.3 Å². The summed E-state index contributed by atoms with van der Waals surface area (Å²) in [6, 6.07) is 6.86. The van der Waals surface area contributed by atoms with Crippen molar-refractivity contribution >= 4 is 22.9 Å². The van der Waals surface area contributed by atoms with Crippen LogP contribution in [0, 0.1) is 0 Å². The van der Waals surface area contributed by atoms with Gasteiger partial charge in [-0.3, -0.25) is 0 Å². The fourth-order valence-corrected chi connectivity index (χ4v) is 4.11. The maximum atomic E-state index is 2.37. The molecule has 0 saturated heterocycles. The van der Waals surface area contributed by atoms with Gasteiger partial charge in [0.25, 0.3) is 0 Å². The molecule has 74 valence electrons. The predicted molar refractivity (Wildman–Crippen MR) is 66.0 cm³/mol. The molecule has 0 atom stereocenters. The Bertz CT molecular complexity index is 605. The van der Waals surface area contributed by atoms with Crippen molar-refractivity contribution in [2.75, 3.05) is 5.75 Å². The van der Waals surface area contributed by atoms with Crippen LogP contribution in [0.2, 0.25) is 0 Å². The Morgan fingerprint density at radius 3 is 3.07 bits per heavy atom. The van der Waals surface area contributed by atoms with Gasteiger partial charge in [-0.2, -0.15) is 0 Å². The summed E-state index contributed by atoms with van der Waals surface area (Å²) < 4.78 is 0. The smallest absolute Gasteiger partial charge is 0.0238 e. The fraction of sp³-hybridized carbons (Fsp3) is 0.286. The van der Waals surface area contributed by atoms with Crippen LogP contribution in [0.25, 0.3) is 11.1 Å². The minimum atomic E-state index is 1.19. The van der Waals surface area contributed by atoms with Crippen molar-refractivity contribution in [2.24, 2.45) is 0 Å². The van der Waals surface area contributed by atoms with Gasteiger partial charge in [0.1, 0.15) is 0 Å². The summed E-state index contributed by atoms with van der Waals surface area (Å²) in [5.41, 5.74) is 6.41. The Kier molecular flexibility index (Phi) is 1.53. The third-order valence-corrected chi connectivity index (χ3v) is 4.59. The maximum Gasteiger partial charge on any atom is 0.0238 e. The van der Waals surface area contributed by atoms with Gasteiger partial charge in [-0.25, -0.2) is 0 Å². The van der Waals surface area contributed by atoms with Gasteiger partial charge in [-0.1, -0.05) is 18.2 Å². The number of aryl methyl sites for hydroxylation is 1. The van der Waals surface area contributed by atoms with E-state index in [9.17, 15) is 0 Å². The molecule has 1 aliphatic heterocycles. The van der Waals surface area contributed by atoms with Crippen LogP contribution in [-0.2, 0) is 6.42 Å². The number of allylic oxidation sites excluding steroid dienone is 1. The Morgan fingerprint density at radius 1 is 1.07 bits per heavy atom. The van der Waals surface area contributed by atoms with Crippen molar-refractivity contribution in [1.29, 1.82) is 0 Å². The van der Waals surface area contributed by atoms with Crippen LogP contribution in [0.5, 0.6) is 0 Å². The first-order valence-electron chi connectivity index (χ1n) is 5.62. The first-order chi connectivity index (χ1) is 7.45. The zero-order chi connectivity index (χ0) is 9.83. The van der Waals surface area contributed by atoms with E-state index >= 15 is 0 Å². The Balaban J connectivity index is 2.27. The SMILES string of the molecule is C1=C2C(=c3cccc4c3=C2CCC4)CS1. The van der Waals surface area contributed by atoms with Crippen molar-refractivity contribution in [3.63, 3.8) is 0 Å². The molecule has 0 unspecified atom stereocenters. The number of hydrogen-bond acceptors (Lipinski definition) is 1. The van der Waals surface area contributed by atoms with Crippen LogP contribution in [0.15, 0.2) is 29.2 Å². The summed E-state index contributed by atoms with van der Waals surface area (Å²) in [7, 11) is 0. The van der Waals surface area contributed by atoms with E-state index in [1.54, 1.807) is 32.7 Å². The molecule has 15 heavy (non-hydrogen) atoms. The molecule has 0 spiro atoms. The number of hydrogen-bond donors (Lipinski definition) is 0. The van der Waals surface area contributed by atoms with Crippen LogP contribution in [0.4, 0.5) is 0 Å². The quantitative estimate of drug-likeness (QED) is 0.633. The van der Waals surface area contributed by atoms with Gasteiger partial charge in [-0.15, -0.1) is 11.8 Å². The molecule has 0 amide bonds. The van der Waals surface area contributed by atoms with Gasteiger partial charge in [0, 0.05) is 5.75 Å². The molecule has 2 aliphatic carbocycles. The molecule has 1 aromatic rings. The molecule has 4 rings (SSSR count). The van der Waals surface area contributed by atoms with Gasteiger partial charge in [0.15, 0.2) is 0 Å².